The summed E-state index contributed by atoms with van der Waals surface area (Å²) < 4.78 is 2.10. The third kappa shape index (κ3) is 4.67. The van der Waals surface area contributed by atoms with Gasteiger partial charge in [0, 0.05) is 49.8 Å². The molecule has 2 aromatic carbocycles. The number of piperazine rings is 1. The Morgan fingerprint density at radius 2 is 1.65 bits per heavy atom. The Hall–Kier alpha value is -5.15. The molecule has 1 aliphatic carbocycles. The molecule has 2 fully saturated rings. The Morgan fingerprint density at radius 1 is 0.791 bits per heavy atom. The maximum absolute atomic E-state index is 6.34. The molecule has 6 aromatic rings. The van der Waals surface area contributed by atoms with Gasteiger partial charge in [-0.3, -0.25) is 9.47 Å². The van der Waals surface area contributed by atoms with Gasteiger partial charge in [-0.15, -0.1) is 0 Å². The highest BCUT2D eigenvalue weighted by molar-refractivity contribution is 5.84. The Bertz CT molecular complexity index is 1900. The van der Waals surface area contributed by atoms with Crippen LogP contribution in [0.2, 0.25) is 0 Å². The fourth-order valence-electron chi connectivity index (χ4n) is 6.33. The van der Waals surface area contributed by atoms with Gasteiger partial charge in [0.1, 0.15) is 23.5 Å². The van der Waals surface area contributed by atoms with Gasteiger partial charge in [-0.1, -0.05) is 42.5 Å². The van der Waals surface area contributed by atoms with E-state index in [1.807, 2.05) is 54.7 Å². The third-order valence-corrected chi connectivity index (χ3v) is 8.65. The molecule has 2 aliphatic rings. The van der Waals surface area contributed by atoms with E-state index in [2.05, 4.69) is 65.7 Å². The normalized spacial score (nSPS) is 16.1. The zero-order chi connectivity index (χ0) is 28.8. The number of benzene rings is 2. The van der Waals surface area contributed by atoms with Crippen LogP contribution in [0.4, 0.5) is 11.6 Å². The Balaban J connectivity index is 1.11. The number of imidazole rings is 1. The van der Waals surface area contributed by atoms with Crippen molar-refractivity contribution in [1.29, 1.82) is 0 Å². The molecule has 8 rings (SSSR count). The van der Waals surface area contributed by atoms with Gasteiger partial charge in [0.15, 0.2) is 11.5 Å². The number of hydrogen-bond donors (Lipinski definition) is 1. The summed E-state index contributed by atoms with van der Waals surface area (Å²) in [6.45, 7) is 3.92. The Morgan fingerprint density at radius 3 is 2.42 bits per heavy atom. The molecule has 9 heteroatoms. The standard InChI is InChI=1S/C34H31N9/c35-31-27(7-4-17-37-31)32-40-29-13-12-28(25-5-2-1-3-6-25)39-33(29)43(32)26-10-8-24(9-11-26)21-41-19-20-42(34(22-41)15-16-34)30-14-18-36-23-38-30/h1-14,17-18,23H,15-16,19-22H2,(H2,35,37). The number of aromatic nitrogens is 6. The third-order valence-electron chi connectivity index (χ3n) is 8.65. The van der Waals surface area contributed by atoms with Crippen molar-refractivity contribution < 1.29 is 0 Å². The van der Waals surface area contributed by atoms with Gasteiger partial charge in [0.25, 0.3) is 0 Å². The number of nitrogens with zero attached hydrogens (tertiary/aromatic N) is 8. The number of pyridine rings is 2. The van der Waals surface area contributed by atoms with E-state index in [1.54, 1.807) is 12.5 Å². The van der Waals surface area contributed by atoms with Crippen LogP contribution in [0, 0.1) is 0 Å². The van der Waals surface area contributed by atoms with E-state index in [1.165, 1.54) is 18.4 Å². The first-order valence-electron chi connectivity index (χ1n) is 14.7. The monoisotopic (exact) mass is 565 g/mol. The molecule has 0 atom stereocenters. The van der Waals surface area contributed by atoms with Crippen LogP contribution in [0.15, 0.2) is 104 Å². The number of fused-ring (bicyclic) bond motifs is 1. The Labute approximate surface area is 249 Å². The fraction of sp³-hybridized carbons (Fsp3) is 0.206. The molecule has 212 valence electrons. The van der Waals surface area contributed by atoms with Gasteiger partial charge in [0.2, 0.25) is 0 Å². The van der Waals surface area contributed by atoms with Crippen LogP contribution in [0.25, 0.3) is 39.5 Å². The van der Waals surface area contributed by atoms with Crippen LogP contribution in [0.5, 0.6) is 0 Å². The topological polar surface area (TPSA) is 102 Å². The van der Waals surface area contributed by atoms with Crippen molar-refractivity contribution in [3.63, 3.8) is 0 Å². The summed E-state index contributed by atoms with van der Waals surface area (Å²) in [4.78, 5) is 28.1. The summed E-state index contributed by atoms with van der Waals surface area (Å²) in [6.07, 6.45) is 7.60. The van der Waals surface area contributed by atoms with Crippen molar-refractivity contribution in [2.45, 2.75) is 24.9 Å². The SMILES string of the molecule is Nc1ncccc1-c1nc2ccc(-c3ccccc3)nc2n1-c1ccc(CN2CCN(c3ccncn3)C3(CC3)C2)cc1. The molecule has 1 saturated carbocycles. The van der Waals surface area contributed by atoms with E-state index in [4.69, 9.17) is 15.7 Å². The number of rotatable bonds is 6. The van der Waals surface area contributed by atoms with E-state index in [0.29, 0.717) is 5.82 Å². The van der Waals surface area contributed by atoms with Crippen molar-refractivity contribution in [3.8, 4) is 28.3 Å². The molecule has 1 spiro atoms. The molecule has 5 heterocycles. The number of nitrogen functional groups attached to an aromatic ring is 1. The first-order chi connectivity index (χ1) is 21.2. The quantitative estimate of drug-likeness (QED) is 0.287. The molecule has 0 bridgehead atoms. The Kier molecular flexibility index (Phi) is 6.11. The fourth-order valence-corrected chi connectivity index (χ4v) is 6.33. The molecule has 1 aliphatic heterocycles. The van der Waals surface area contributed by atoms with Crippen molar-refractivity contribution >= 4 is 22.8 Å². The predicted octanol–water partition coefficient (Wildman–Crippen LogP) is 5.38. The number of hydrogen-bond acceptors (Lipinski definition) is 8. The highest BCUT2D eigenvalue weighted by Crippen LogP contribution is 2.46. The second-order valence-electron chi connectivity index (χ2n) is 11.4. The van der Waals surface area contributed by atoms with Crippen LogP contribution >= 0.6 is 0 Å². The van der Waals surface area contributed by atoms with E-state index >= 15 is 0 Å². The summed E-state index contributed by atoms with van der Waals surface area (Å²) in [6, 6.07) is 28.9. The highest BCUT2D eigenvalue weighted by Gasteiger charge is 2.51. The van der Waals surface area contributed by atoms with Crippen LogP contribution in [0.3, 0.4) is 0 Å². The average molecular weight is 566 g/mol. The lowest BCUT2D eigenvalue weighted by Crippen LogP contribution is -2.55. The summed E-state index contributed by atoms with van der Waals surface area (Å²) in [5.74, 6) is 2.20. The molecular weight excluding hydrogens is 534 g/mol. The van der Waals surface area contributed by atoms with Gasteiger partial charge in [-0.05, 0) is 60.9 Å². The molecule has 0 amide bonds. The van der Waals surface area contributed by atoms with Gasteiger partial charge in [-0.2, -0.15) is 0 Å². The smallest absolute Gasteiger partial charge is 0.165 e. The maximum atomic E-state index is 6.34. The zero-order valence-electron chi connectivity index (χ0n) is 23.7. The van der Waals surface area contributed by atoms with E-state index in [9.17, 15) is 0 Å². The van der Waals surface area contributed by atoms with Crippen molar-refractivity contribution in [3.05, 3.63) is 109 Å². The van der Waals surface area contributed by atoms with Crippen molar-refractivity contribution in [2.75, 3.05) is 30.3 Å². The largest absolute Gasteiger partial charge is 0.383 e. The van der Waals surface area contributed by atoms with Crippen LogP contribution in [0.1, 0.15) is 18.4 Å². The minimum absolute atomic E-state index is 0.197. The molecule has 1 saturated heterocycles. The minimum Gasteiger partial charge on any atom is -0.383 e. The maximum Gasteiger partial charge on any atom is 0.165 e. The molecule has 2 N–H and O–H groups in total. The lowest BCUT2D eigenvalue weighted by Gasteiger charge is -2.43. The molecule has 4 aromatic heterocycles. The zero-order valence-corrected chi connectivity index (χ0v) is 23.7. The average Bonchev–Trinajstić information content (AvgIpc) is 3.71. The van der Waals surface area contributed by atoms with Gasteiger partial charge in [0.05, 0.1) is 16.8 Å². The van der Waals surface area contributed by atoms with Crippen LogP contribution in [-0.2, 0) is 6.54 Å². The summed E-state index contributed by atoms with van der Waals surface area (Å²) in [7, 11) is 0. The summed E-state index contributed by atoms with van der Waals surface area (Å²) >= 11 is 0. The van der Waals surface area contributed by atoms with Crippen LogP contribution in [-0.4, -0.2) is 59.6 Å². The molecular formula is C34H31N9. The van der Waals surface area contributed by atoms with Crippen molar-refractivity contribution in [2.24, 2.45) is 0 Å². The first-order valence-corrected chi connectivity index (χ1v) is 14.7. The number of nitrogens with two attached hydrogens (primary N) is 1. The second-order valence-corrected chi connectivity index (χ2v) is 11.4. The van der Waals surface area contributed by atoms with Gasteiger partial charge < -0.3 is 10.6 Å². The molecule has 9 nitrogen and oxygen atoms in total. The minimum atomic E-state index is 0.197. The first kappa shape index (κ1) is 25.6. The van der Waals surface area contributed by atoms with E-state index < -0.39 is 0 Å². The van der Waals surface area contributed by atoms with Crippen molar-refractivity contribution in [1.82, 2.24) is 34.4 Å². The van der Waals surface area contributed by atoms with Gasteiger partial charge >= 0.3 is 0 Å². The second kappa shape index (κ2) is 10.3. The number of anilines is 2. The lowest BCUT2D eigenvalue weighted by molar-refractivity contribution is 0.205. The predicted molar refractivity (Wildman–Crippen MR) is 169 cm³/mol. The molecule has 43 heavy (non-hydrogen) atoms. The lowest BCUT2D eigenvalue weighted by atomic mass is 10.1. The summed E-state index contributed by atoms with van der Waals surface area (Å²) in [5, 5.41) is 0. The van der Waals surface area contributed by atoms with Crippen LogP contribution < -0.4 is 10.6 Å². The van der Waals surface area contributed by atoms with E-state index in [-0.39, 0.29) is 5.54 Å². The summed E-state index contributed by atoms with van der Waals surface area (Å²) in [5.41, 5.74) is 13.1. The highest BCUT2D eigenvalue weighted by atomic mass is 15.4. The van der Waals surface area contributed by atoms with Gasteiger partial charge in [-0.25, -0.2) is 24.9 Å². The molecule has 0 unspecified atom stereocenters. The molecule has 0 radical (unpaired) electrons. The van der Waals surface area contributed by atoms with E-state index in [0.717, 1.165) is 71.5 Å².